The van der Waals surface area contributed by atoms with Gasteiger partial charge < -0.3 is 5.32 Å². The van der Waals surface area contributed by atoms with E-state index in [1.165, 1.54) is 12.3 Å². The first-order chi connectivity index (χ1) is 11.6. The molecule has 1 N–H and O–H groups in total. The van der Waals surface area contributed by atoms with Crippen molar-refractivity contribution < 1.29 is 9.18 Å². The van der Waals surface area contributed by atoms with Crippen LogP contribution in [0.25, 0.3) is 0 Å². The third-order valence-corrected chi connectivity index (χ3v) is 3.72. The number of hydrogen-bond donors (Lipinski definition) is 1. The van der Waals surface area contributed by atoms with Crippen LogP contribution in [0.15, 0.2) is 42.7 Å². The van der Waals surface area contributed by atoms with E-state index in [-0.39, 0.29) is 11.7 Å². The standard InChI is InChI=1S/C17H18FN5O/c1-3-22-10-14(9-19-22)17(24)20-16-8-12(2)23(21-16)11-13-6-4-5-7-15(13)18/h4-10H,3,11H2,1-2H3,(H,20,21,24). The zero-order valence-electron chi connectivity index (χ0n) is 13.5. The van der Waals surface area contributed by atoms with Gasteiger partial charge in [-0.2, -0.15) is 10.2 Å². The molecule has 0 fully saturated rings. The van der Waals surface area contributed by atoms with Crippen LogP contribution in [0.1, 0.15) is 28.5 Å². The molecule has 0 bridgehead atoms. The normalized spacial score (nSPS) is 10.8. The van der Waals surface area contributed by atoms with E-state index in [1.54, 1.807) is 39.8 Å². The molecular weight excluding hydrogens is 309 g/mol. The molecule has 0 aliphatic rings. The van der Waals surface area contributed by atoms with Crippen LogP contribution in [0.2, 0.25) is 0 Å². The maximum atomic E-state index is 13.8. The zero-order chi connectivity index (χ0) is 17.1. The van der Waals surface area contributed by atoms with E-state index in [0.29, 0.717) is 30.0 Å². The SMILES string of the molecule is CCn1cc(C(=O)Nc2cc(C)n(Cc3ccccc3F)n2)cn1. The van der Waals surface area contributed by atoms with Crippen LogP contribution in [0.5, 0.6) is 0 Å². The van der Waals surface area contributed by atoms with Crippen molar-refractivity contribution in [3.63, 3.8) is 0 Å². The van der Waals surface area contributed by atoms with E-state index in [1.807, 2.05) is 13.8 Å². The minimum absolute atomic E-state index is 0.273. The van der Waals surface area contributed by atoms with Gasteiger partial charge in [0.15, 0.2) is 5.82 Å². The highest BCUT2D eigenvalue weighted by atomic mass is 19.1. The first-order valence-electron chi connectivity index (χ1n) is 7.68. The molecule has 1 aromatic carbocycles. The Morgan fingerprint density at radius 2 is 2.12 bits per heavy atom. The number of hydrogen-bond acceptors (Lipinski definition) is 3. The van der Waals surface area contributed by atoms with Crippen LogP contribution in [-0.2, 0) is 13.1 Å². The Hall–Kier alpha value is -2.96. The molecule has 3 rings (SSSR count). The van der Waals surface area contributed by atoms with Crippen molar-refractivity contribution in [1.82, 2.24) is 19.6 Å². The third kappa shape index (κ3) is 3.34. The van der Waals surface area contributed by atoms with E-state index in [2.05, 4.69) is 15.5 Å². The summed E-state index contributed by atoms with van der Waals surface area (Å²) < 4.78 is 17.1. The van der Waals surface area contributed by atoms with Crippen LogP contribution in [0.3, 0.4) is 0 Å². The summed E-state index contributed by atoms with van der Waals surface area (Å²) in [4.78, 5) is 12.2. The summed E-state index contributed by atoms with van der Waals surface area (Å²) in [6.45, 7) is 4.81. The Kier molecular flexibility index (Phi) is 4.41. The molecule has 3 aromatic rings. The second kappa shape index (κ2) is 6.66. The van der Waals surface area contributed by atoms with Gasteiger partial charge >= 0.3 is 0 Å². The van der Waals surface area contributed by atoms with Crippen molar-refractivity contribution >= 4 is 11.7 Å². The van der Waals surface area contributed by atoms with E-state index < -0.39 is 0 Å². The number of nitrogens with zero attached hydrogens (tertiary/aromatic N) is 4. The lowest BCUT2D eigenvalue weighted by Crippen LogP contribution is -2.12. The fourth-order valence-corrected chi connectivity index (χ4v) is 2.36. The summed E-state index contributed by atoms with van der Waals surface area (Å²) in [5.41, 5.74) is 1.85. The van der Waals surface area contributed by atoms with E-state index >= 15 is 0 Å². The molecule has 6 nitrogen and oxygen atoms in total. The number of halogens is 1. The number of carbonyl (C=O) groups excluding carboxylic acids is 1. The first kappa shape index (κ1) is 15.9. The Labute approximate surface area is 138 Å². The maximum absolute atomic E-state index is 13.8. The fourth-order valence-electron chi connectivity index (χ4n) is 2.36. The van der Waals surface area contributed by atoms with Crippen molar-refractivity contribution in [1.29, 1.82) is 0 Å². The average Bonchev–Trinajstić information content (AvgIpc) is 3.17. The average molecular weight is 327 g/mol. The molecule has 2 aromatic heterocycles. The number of carbonyl (C=O) groups is 1. The Balaban J connectivity index is 1.74. The summed E-state index contributed by atoms with van der Waals surface area (Å²) in [7, 11) is 0. The molecule has 0 saturated heterocycles. The molecule has 0 unspecified atom stereocenters. The number of rotatable bonds is 5. The van der Waals surface area contributed by atoms with Crippen LogP contribution in [0.4, 0.5) is 10.2 Å². The molecule has 0 aliphatic carbocycles. The molecule has 1 amide bonds. The summed E-state index contributed by atoms with van der Waals surface area (Å²) in [5, 5.41) is 11.1. The monoisotopic (exact) mass is 327 g/mol. The van der Waals surface area contributed by atoms with Gasteiger partial charge in [0.05, 0.1) is 18.3 Å². The van der Waals surface area contributed by atoms with Crippen molar-refractivity contribution in [2.24, 2.45) is 0 Å². The number of aromatic nitrogens is 4. The number of amides is 1. The van der Waals surface area contributed by atoms with E-state index in [4.69, 9.17) is 0 Å². The second-order valence-electron chi connectivity index (χ2n) is 5.46. The van der Waals surface area contributed by atoms with Crippen LogP contribution < -0.4 is 5.32 Å². The van der Waals surface area contributed by atoms with Gasteiger partial charge in [-0.15, -0.1) is 0 Å². The molecule has 2 heterocycles. The first-order valence-corrected chi connectivity index (χ1v) is 7.68. The Bertz CT molecular complexity index is 868. The van der Waals surface area contributed by atoms with Crippen molar-refractivity contribution in [2.45, 2.75) is 26.9 Å². The van der Waals surface area contributed by atoms with E-state index in [0.717, 1.165) is 5.69 Å². The largest absolute Gasteiger partial charge is 0.305 e. The summed E-state index contributed by atoms with van der Waals surface area (Å²) >= 11 is 0. The topological polar surface area (TPSA) is 64.7 Å². The fraction of sp³-hybridized carbons (Fsp3) is 0.235. The van der Waals surface area contributed by atoms with Crippen molar-refractivity contribution in [2.75, 3.05) is 5.32 Å². The molecule has 124 valence electrons. The molecule has 0 spiro atoms. The molecular formula is C17H18FN5O. The molecule has 0 atom stereocenters. The molecule has 0 radical (unpaired) electrons. The van der Waals surface area contributed by atoms with E-state index in [9.17, 15) is 9.18 Å². The van der Waals surface area contributed by atoms with Crippen LogP contribution in [-0.4, -0.2) is 25.5 Å². The quantitative estimate of drug-likeness (QED) is 0.784. The molecule has 0 saturated carbocycles. The van der Waals surface area contributed by atoms with Crippen molar-refractivity contribution in [3.05, 3.63) is 65.4 Å². The van der Waals surface area contributed by atoms with Crippen LogP contribution >= 0.6 is 0 Å². The van der Waals surface area contributed by atoms with Gasteiger partial charge in [-0.3, -0.25) is 14.2 Å². The third-order valence-electron chi connectivity index (χ3n) is 3.72. The lowest BCUT2D eigenvalue weighted by atomic mass is 10.2. The van der Waals surface area contributed by atoms with Gasteiger partial charge in [-0.1, -0.05) is 18.2 Å². The van der Waals surface area contributed by atoms with Gasteiger partial charge in [0.1, 0.15) is 5.82 Å². The zero-order valence-corrected chi connectivity index (χ0v) is 13.5. The van der Waals surface area contributed by atoms with Crippen LogP contribution in [0, 0.1) is 12.7 Å². The second-order valence-corrected chi connectivity index (χ2v) is 5.46. The van der Waals surface area contributed by atoms with Crippen molar-refractivity contribution in [3.8, 4) is 0 Å². The van der Waals surface area contributed by atoms with Gasteiger partial charge in [0.25, 0.3) is 5.91 Å². The Morgan fingerprint density at radius 3 is 2.83 bits per heavy atom. The number of nitrogens with one attached hydrogen (secondary N) is 1. The lowest BCUT2D eigenvalue weighted by Gasteiger charge is -2.05. The number of aryl methyl sites for hydroxylation is 2. The maximum Gasteiger partial charge on any atom is 0.260 e. The highest BCUT2D eigenvalue weighted by Gasteiger charge is 2.12. The smallest absolute Gasteiger partial charge is 0.260 e. The molecule has 7 heteroatoms. The highest BCUT2D eigenvalue weighted by Crippen LogP contribution is 2.14. The van der Waals surface area contributed by atoms with Gasteiger partial charge in [-0.05, 0) is 19.9 Å². The summed E-state index contributed by atoms with van der Waals surface area (Å²) in [6, 6.07) is 8.32. The minimum Gasteiger partial charge on any atom is -0.305 e. The summed E-state index contributed by atoms with van der Waals surface area (Å²) in [6.07, 6.45) is 3.20. The molecule has 24 heavy (non-hydrogen) atoms. The predicted molar refractivity (Wildman–Crippen MR) is 88.3 cm³/mol. The predicted octanol–water partition coefficient (Wildman–Crippen LogP) is 2.85. The molecule has 0 aliphatic heterocycles. The van der Waals surface area contributed by atoms with Gasteiger partial charge in [0.2, 0.25) is 0 Å². The lowest BCUT2D eigenvalue weighted by molar-refractivity contribution is 0.102. The Morgan fingerprint density at radius 1 is 1.33 bits per heavy atom. The van der Waals surface area contributed by atoms with Gasteiger partial charge in [-0.25, -0.2) is 4.39 Å². The summed E-state index contributed by atoms with van der Waals surface area (Å²) in [5.74, 6) is -0.117. The van der Waals surface area contributed by atoms with Gasteiger partial charge in [0, 0.05) is 30.1 Å². The minimum atomic E-state index is -0.273. The number of anilines is 1. The number of benzene rings is 1. The highest BCUT2D eigenvalue weighted by molar-refractivity contribution is 6.03.